The highest BCUT2D eigenvalue weighted by Crippen LogP contribution is 2.29. The molecule has 0 aromatic heterocycles. The first-order valence-corrected chi connectivity index (χ1v) is 3.58. The van der Waals surface area contributed by atoms with Crippen molar-refractivity contribution in [3.63, 3.8) is 0 Å². The van der Waals surface area contributed by atoms with Crippen molar-refractivity contribution in [2.75, 3.05) is 7.11 Å². The van der Waals surface area contributed by atoms with Crippen molar-refractivity contribution >= 4 is 5.78 Å². The maximum Gasteiger partial charge on any atom is 0.208 e. The number of ether oxygens (including phenoxy) is 1. The summed E-state index contributed by atoms with van der Waals surface area (Å²) in [6.07, 6.45) is 5.01. The van der Waals surface area contributed by atoms with Gasteiger partial charge in [-0.15, -0.1) is 0 Å². The monoisotopic (exact) mass is 150 g/mol. The fourth-order valence-corrected chi connectivity index (χ4v) is 0.662. The fraction of sp³-hybridized carbons (Fsp3) is 0.444. The van der Waals surface area contributed by atoms with Crippen molar-refractivity contribution < 1.29 is 9.53 Å². The highest BCUT2D eigenvalue weighted by atomic mass is 16.5. The third-order valence-corrected chi connectivity index (χ3v) is 1.43. The maximum atomic E-state index is 10.9. The highest BCUT2D eigenvalue weighted by molar-refractivity contribution is 5.99. The largest absolute Gasteiger partial charge is 0.504 e. The molecular weight excluding hydrogens is 140 g/mol. The Morgan fingerprint density at radius 1 is 1.64 bits per heavy atom. The van der Waals surface area contributed by atoms with Gasteiger partial charge in [-0.1, -0.05) is 5.92 Å². The first-order chi connectivity index (χ1) is 5.34. The number of allylic oxidation sites excluding steroid dienone is 1. The standard InChI is InChI=1S/C9H10O2/c1-11-7-3-2-4-9(10)8-5-6-8/h3,7-8H,5-6H2,1H3/b7-3-. The summed E-state index contributed by atoms with van der Waals surface area (Å²) >= 11 is 0. The average molecular weight is 150 g/mol. The minimum absolute atomic E-state index is 0.0609. The number of carbonyl (C=O) groups is 1. The Morgan fingerprint density at radius 2 is 2.36 bits per heavy atom. The molecular formula is C9H10O2. The van der Waals surface area contributed by atoms with Gasteiger partial charge in [0.15, 0.2) is 0 Å². The van der Waals surface area contributed by atoms with Crippen molar-refractivity contribution in [3.8, 4) is 11.8 Å². The molecule has 1 saturated carbocycles. The molecule has 0 aliphatic heterocycles. The zero-order chi connectivity index (χ0) is 8.10. The van der Waals surface area contributed by atoms with Gasteiger partial charge in [-0.25, -0.2) is 0 Å². The number of hydrogen-bond donors (Lipinski definition) is 0. The van der Waals surface area contributed by atoms with E-state index in [0.29, 0.717) is 0 Å². The summed E-state index contributed by atoms with van der Waals surface area (Å²) in [5.41, 5.74) is 0. The molecule has 58 valence electrons. The first kappa shape index (κ1) is 7.87. The van der Waals surface area contributed by atoms with E-state index in [-0.39, 0.29) is 11.7 Å². The van der Waals surface area contributed by atoms with Crippen LogP contribution in [0.5, 0.6) is 0 Å². The maximum absolute atomic E-state index is 10.9. The van der Waals surface area contributed by atoms with Crippen LogP contribution >= 0.6 is 0 Å². The predicted octanol–water partition coefficient (Wildman–Crippen LogP) is 1.13. The van der Waals surface area contributed by atoms with Gasteiger partial charge >= 0.3 is 0 Å². The van der Waals surface area contributed by atoms with Crippen LogP contribution in [0, 0.1) is 17.8 Å². The average Bonchev–Trinajstić information content (AvgIpc) is 2.79. The highest BCUT2D eigenvalue weighted by Gasteiger charge is 2.27. The van der Waals surface area contributed by atoms with E-state index >= 15 is 0 Å². The predicted molar refractivity (Wildman–Crippen MR) is 41.7 cm³/mol. The first-order valence-electron chi connectivity index (χ1n) is 3.58. The number of hydrogen-bond acceptors (Lipinski definition) is 2. The van der Waals surface area contributed by atoms with Crippen LogP contribution in [-0.4, -0.2) is 12.9 Å². The van der Waals surface area contributed by atoms with Crippen molar-refractivity contribution in [3.05, 3.63) is 12.3 Å². The second kappa shape index (κ2) is 3.82. The molecule has 0 atom stereocenters. The number of carbonyl (C=O) groups excluding carboxylic acids is 1. The van der Waals surface area contributed by atoms with Gasteiger partial charge in [0.05, 0.1) is 13.4 Å². The molecule has 0 N–H and O–H groups in total. The summed E-state index contributed by atoms with van der Waals surface area (Å²) in [5.74, 6) is 5.42. The summed E-state index contributed by atoms with van der Waals surface area (Å²) in [4.78, 5) is 10.9. The van der Waals surface area contributed by atoms with Crippen LogP contribution < -0.4 is 0 Å². The number of methoxy groups -OCH3 is 1. The Hall–Kier alpha value is -1.23. The van der Waals surface area contributed by atoms with Crippen LogP contribution in [-0.2, 0) is 9.53 Å². The van der Waals surface area contributed by atoms with Gasteiger partial charge in [-0.2, -0.15) is 0 Å². The normalized spacial score (nSPS) is 15.7. The van der Waals surface area contributed by atoms with Gasteiger partial charge in [0.1, 0.15) is 0 Å². The molecule has 0 amide bonds. The molecule has 0 aromatic rings. The molecule has 2 heteroatoms. The lowest BCUT2D eigenvalue weighted by atomic mass is 10.3. The van der Waals surface area contributed by atoms with Gasteiger partial charge in [0.2, 0.25) is 5.78 Å². The Bertz CT molecular complexity index is 226. The molecule has 1 rings (SSSR count). The molecule has 1 fully saturated rings. The van der Waals surface area contributed by atoms with Crippen LogP contribution in [0.3, 0.4) is 0 Å². The molecule has 1 aliphatic rings. The second-order valence-electron chi connectivity index (χ2n) is 2.45. The van der Waals surface area contributed by atoms with Gasteiger partial charge < -0.3 is 4.74 Å². The van der Waals surface area contributed by atoms with E-state index in [4.69, 9.17) is 0 Å². The Labute approximate surface area is 66.2 Å². The molecule has 11 heavy (non-hydrogen) atoms. The molecule has 0 bridgehead atoms. The van der Waals surface area contributed by atoms with E-state index in [1.165, 1.54) is 12.3 Å². The third kappa shape index (κ3) is 2.90. The Kier molecular flexibility index (Phi) is 2.74. The van der Waals surface area contributed by atoms with Crippen molar-refractivity contribution in [1.82, 2.24) is 0 Å². The van der Waals surface area contributed by atoms with Crippen molar-refractivity contribution in [2.45, 2.75) is 12.8 Å². The summed E-state index contributed by atoms with van der Waals surface area (Å²) in [6, 6.07) is 0. The molecule has 0 saturated heterocycles. The van der Waals surface area contributed by atoms with Gasteiger partial charge in [-0.3, -0.25) is 4.79 Å². The zero-order valence-corrected chi connectivity index (χ0v) is 6.46. The van der Waals surface area contributed by atoms with Gasteiger partial charge in [-0.05, 0) is 18.8 Å². The molecule has 0 unspecified atom stereocenters. The second-order valence-corrected chi connectivity index (χ2v) is 2.45. The van der Waals surface area contributed by atoms with E-state index in [0.717, 1.165) is 12.8 Å². The van der Waals surface area contributed by atoms with Crippen molar-refractivity contribution in [2.24, 2.45) is 5.92 Å². The fourth-order valence-electron chi connectivity index (χ4n) is 0.662. The minimum Gasteiger partial charge on any atom is -0.504 e. The topological polar surface area (TPSA) is 26.3 Å². The van der Waals surface area contributed by atoms with E-state index in [1.807, 2.05) is 0 Å². The van der Waals surface area contributed by atoms with Gasteiger partial charge in [0, 0.05) is 12.0 Å². The van der Waals surface area contributed by atoms with E-state index in [9.17, 15) is 4.79 Å². The molecule has 0 radical (unpaired) electrons. The van der Waals surface area contributed by atoms with Crippen LogP contribution in [0.15, 0.2) is 12.3 Å². The quantitative estimate of drug-likeness (QED) is 0.335. The Morgan fingerprint density at radius 3 is 2.91 bits per heavy atom. The lowest BCUT2D eigenvalue weighted by Gasteiger charge is -1.80. The zero-order valence-electron chi connectivity index (χ0n) is 6.46. The summed E-state index contributed by atoms with van der Waals surface area (Å²) in [5, 5.41) is 0. The van der Waals surface area contributed by atoms with Crippen LogP contribution in [0.25, 0.3) is 0 Å². The summed E-state index contributed by atoms with van der Waals surface area (Å²) < 4.78 is 4.61. The minimum atomic E-state index is 0.0609. The van der Waals surface area contributed by atoms with E-state index < -0.39 is 0 Å². The van der Waals surface area contributed by atoms with Crippen LogP contribution in [0.2, 0.25) is 0 Å². The van der Waals surface area contributed by atoms with Crippen molar-refractivity contribution in [1.29, 1.82) is 0 Å². The summed E-state index contributed by atoms with van der Waals surface area (Å²) in [6.45, 7) is 0. The van der Waals surface area contributed by atoms with Crippen LogP contribution in [0.4, 0.5) is 0 Å². The smallest absolute Gasteiger partial charge is 0.208 e. The van der Waals surface area contributed by atoms with Crippen LogP contribution in [0.1, 0.15) is 12.8 Å². The molecule has 2 nitrogen and oxygen atoms in total. The molecule has 1 aliphatic carbocycles. The lowest BCUT2D eigenvalue weighted by molar-refractivity contribution is -0.114. The van der Waals surface area contributed by atoms with E-state index in [1.54, 1.807) is 7.11 Å². The molecule has 0 heterocycles. The molecule has 0 spiro atoms. The SMILES string of the molecule is CO/C=C\C#CC(=O)C1CC1. The van der Waals surface area contributed by atoms with Gasteiger partial charge in [0.25, 0.3) is 0 Å². The third-order valence-electron chi connectivity index (χ3n) is 1.43. The molecule has 0 aromatic carbocycles. The Balaban J connectivity index is 2.30. The lowest BCUT2D eigenvalue weighted by Crippen LogP contribution is -1.93. The number of ketones is 1. The number of rotatable bonds is 2. The summed E-state index contributed by atoms with van der Waals surface area (Å²) in [7, 11) is 1.54. The number of Topliss-reactive ketones (excluding diaryl/α,β-unsaturated/α-hetero) is 1. The van der Waals surface area contributed by atoms with E-state index in [2.05, 4.69) is 16.6 Å².